The first-order valence-corrected chi connectivity index (χ1v) is 13.5. The van der Waals surface area contributed by atoms with E-state index in [0.29, 0.717) is 59.6 Å². The molecule has 1 aliphatic heterocycles. The first kappa shape index (κ1) is 27.9. The number of piperidine rings is 1. The Morgan fingerprint density at radius 2 is 1.95 bits per heavy atom. The van der Waals surface area contributed by atoms with Crippen LogP contribution >= 0.6 is 11.3 Å². The Morgan fingerprint density at radius 1 is 1.20 bits per heavy atom. The van der Waals surface area contributed by atoms with Crippen molar-refractivity contribution in [2.24, 2.45) is 0 Å². The van der Waals surface area contributed by atoms with Crippen LogP contribution in [0.3, 0.4) is 0 Å². The van der Waals surface area contributed by atoms with Gasteiger partial charge in [0.1, 0.15) is 34.5 Å². The zero-order valence-electron chi connectivity index (χ0n) is 21.4. The van der Waals surface area contributed by atoms with Crippen LogP contribution in [0.5, 0.6) is 0 Å². The van der Waals surface area contributed by atoms with E-state index in [2.05, 4.69) is 20.2 Å². The number of likely N-dealkylation sites (tertiary alicyclic amines) is 1. The van der Waals surface area contributed by atoms with Gasteiger partial charge >= 0.3 is 6.18 Å². The van der Waals surface area contributed by atoms with Crippen molar-refractivity contribution < 1.29 is 26.7 Å². The minimum atomic E-state index is -4.31. The lowest BCUT2D eigenvalue weighted by molar-refractivity contribution is -0.126. The highest BCUT2D eigenvalue weighted by molar-refractivity contribution is 7.18. The van der Waals surface area contributed by atoms with Crippen molar-refractivity contribution in [3.8, 4) is 6.07 Å². The van der Waals surface area contributed by atoms with E-state index >= 15 is 0 Å². The number of fused-ring (bicyclic) bond motifs is 2. The first-order chi connectivity index (χ1) is 19.0. The summed E-state index contributed by atoms with van der Waals surface area (Å²) in [7, 11) is 0. The average Bonchev–Trinajstić information content (AvgIpc) is 3.44. The third-order valence-corrected chi connectivity index (χ3v) is 8.05. The molecule has 210 valence electrons. The molecule has 1 N–H and O–H groups in total. The molecule has 0 atom stereocenters. The largest absolute Gasteiger partial charge is 0.393 e. The number of benzene rings is 1. The van der Waals surface area contributed by atoms with Crippen LogP contribution < -0.4 is 5.32 Å². The third kappa shape index (κ3) is 5.93. The number of hydrogen-bond donors (Lipinski definition) is 1. The molecule has 0 saturated carbocycles. The first-order valence-electron chi connectivity index (χ1n) is 12.6. The van der Waals surface area contributed by atoms with Gasteiger partial charge in [0.05, 0.1) is 18.4 Å². The summed E-state index contributed by atoms with van der Waals surface area (Å²) in [6.45, 7) is 2.84. The van der Waals surface area contributed by atoms with Gasteiger partial charge in [0, 0.05) is 47.0 Å². The van der Waals surface area contributed by atoms with Crippen molar-refractivity contribution in [1.82, 2.24) is 19.4 Å². The Morgan fingerprint density at radius 3 is 2.60 bits per heavy atom. The number of ketones is 1. The average molecular weight is 577 g/mol. The molecule has 0 unspecified atom stereocenters. The van der Waals surface area contributed by atoms with Crippen molar-refractivity contribution in [1.29, 1.82) is 5.26 Å². The maximum Gasteiger partial charge on any atom is 0.393 e. The van der Waals surface area contributed by atoms with Crippen molar-refractivity contribution in [3.05, 3.63) is 52.3 Å². The number of hydrogen-bond acceptors (Lipinski definition) is 7. The fourth-order valence-electron chi connectivity index (χ4n) is 5.26. The number of thiophene rings is 1. The molecule has 0 amide bonds. The number of rotatable bonds is 8. The van der Waals surface area contributed by atoms with E-state index in [0.717, 1.165) is 11.3 Å². The Labute approximate surface area is 230 Å². The van der Waals surface area contributed by atoms with Crippen LogP contribution in [0.2, 0.25) is 0 Å². The molecule has 40 heavy (non-hydrogen) atoms. The molecule has 1 fully saturated rings. The number of alkyl halides is 5. The molecule has 0 spiro atoms. The molecule has 1 saturated heterocycles. The number of nitriles is 1. The number of nitrogens with one attached hydrogen (secondary N) is 1. The summed E-state index contributed by atoms with van der Waals surface area (Å²) in [6.07, 6.45) is -5.38. The monoisotopic (exact) mass is 576 g/mol. The van der Waals surface area contributed by atoms with Gasteiger partial charge in [0.25, 0.3) is 6.43 Å². The second kappa shape index (κ2) is 11.1. The van der Waals surface area contributed by atoms with E-state index < -0.39 is 19.0 Å². The molecule has 0 radical (unpaired) electrons. The standard InChI is InChI=1S/C27H25F5N6OS/c1-15(39)12-38-18(11-33)8-20-22(38)3-2-16(23(20)24(28)29)13-37-6-4-17(5-7-37)36-25-21-9-19(10-27(30,31)32)40-26(21)35-14-34-25/h2-3,8-9,14,17,24H,4-7,10,12-13H2,1H3,(H,34,35,36). The topological polar surface area (TPSA) is 86.8 Å². The minimum absolute atomic E-state index is 0.0103. The quantitative estimate of drug-likeness (QED) is 0.251. The van der Waals surface area contributed by atoms with Crippen LogP contribution in [0, 0.1) is 11.3 Å². The SMILES string of the molecule is CC(=O)Cn1c(C#N)cc2c(C(F)F)c(CN3CCC(Nc4ncnc5sc(CC(F)(F)F)cc45)CC3)ccc21. The summed E-state index contributed by atoms with van der Waals surface area (Å²) in [5, 5.41) is 13.7. The van der Waals surface area contributed by atoms with Gasteiger partial charge in [-0.2, -0.15) is 18.4 Å². The fraction of sp³-hybridized carbons (Fsp3) is 0.407. The van der Waals surface area contributed by atoms with Crippen LogP contribution in [-0.4, -0.2) is 50.5 Å². The summed E-state index contributed by atoms with van der Waals surface area (Å²) in [4.78, 5) is 22.8. The molecule has 4 heterocycles. The summed E-state index contributed by atoms with van der Waals surface area (Å²) >= 11 is 0.996. The van der Waals surface area contributed by atoms with Gasteiger partial charge < -0.3 is 9.88 Å². The fourth-order valence-corrected chi connectivity index (χ4v) is 6.28. The maximum atomic E-state index is 14.3. The van der Waals surface area contributed by atoms with E-state index in [-0.39, 0.29) is 39.9 Å². The normalized spacial score (nSPS) is 15.2. The van der Waals surface area contributed by atoms with Gasteiger partial charge in [-0.15, -0.1) is 11.3 Å². The van der Waals surface area contributed by atoms with E-state index in [1.165, 1.54) is 30.0 Å². The van der Waals surface area contributed by atoms with Gasteiger partial charge in [0.15, 0.2) is 0 Å². The molecule has 1 aromatic carbocycles. The highest BCUT2D eigenvalue weighted by Gasteiger charge is 2.29. The minimum Gasteiger partial charge on any atom is -0.367 e. The number of anilines is 1. The van der Waals surface area contributed by atoms with Crippen LogP contribution in [0.15, 0.2) is 30.6 Å². The molecule has 1 aliphatic rings. The van der Waals surface area contributed by atoms with Gasteiger partial charge in [-0.1, -0.05) is 6.07 Å². The lowest BCUT2D eigenvalue weighted by atomic mass is 10.00. The summed E-state index contributed by atoms with van der Waals surface area (Å²) < 4.78 is 68.6. The van der Waals surface area contributed by atoms with Crippen molar-refractivity contribution in [3.63, 3.8) is 0 Å². The molecule has 3 aromatic heterocycles. The smallest absolute Gasteiger partial charge is 0.367 e. The zero-order chi connectivity index (χ0) is 28.6. The van der Waals surface area contributed by atoms with Crippen molar-refractivity contribution in [2.45, 2.75) is 57.9 Å². The number of halogens is 5. The Kier molecular flexibility index (Phi) is 7.74. The Bertz CT molecular complexity index is 1600. The molecule has 5 rings (SSSR count). The molecule has 13 heteroatoms. The summed E-state index contributed by atoms with van der Waals surface area (Å²) in [6, 6.07) is 8.23. The molecule has 0 bridgehead atoms. The predicted octanol–water partition coefficient (Wildman–Crippen LogP) is 6.23. The number of carbonyl (C=O) groups is 1. The number of carbonyl (C=O) groups excluding carboxylic acids is 1. The lowest BCUT2D eigenvalue weighted by Crippen LogP contribution is -2.39. The van der Waals surface area contributed by atoms with Gasteiger partial charge in [-0.25, -0.2) is 18.7 Å². The molecule has 4 aromatic rings. The summed E-state index contributed by atoms with van der Waals surface area (Å²) in [5.74, 6) is 0.304. The maximum absolute atomic E-state index is 14.3. The van der Waals surface area contributed by atoms with Gasteiger partial charge in [-0.05, 0) is 43.5 Å². The summed E-state index contributed by atoms with van der Waals surface area (Å²) in [5.41, 5.74) is 0.918. The zero-order valence-corrected chi connectivity index (χ0v) is 22.3. The number of nitrogens with zero attached hydrogens (tertiary/aromatic N) is 5. The second-order valence-corrected chi connectivity index (χ2v) is 11.1. The molecular weight excluding hydrogens is 551 g/mol. The van der Waals surface area contributed by atoms with E-state index in [1.807, 2.05) is 6.07 Å². The molecule has 7 nitrogen and oxygen atoms in total. The van der Waals surface area contributed by atoms with Crippen LogP contribution in [0.4, 0.5) is 27.8 Å². The Hall–Kier alpha value is -3.63. The number of Topliss-reactive ketones (excluding diaryl/α,β-unsaturated/α-hetero) is 1. The van der Waals surface area contributed by atoms with E-state index in [4.69, 9.17) is 0 Å². The molecule has 0 aliphatic carbocycles. The number of aromatic nitrogens is 3. The van der Waals surface area contributed by atoms with Crippen molar-refractivity contribution in [2.75, 3.05) is 18.4 Å². The lowest BCUT2D eigenvalue weighted by Gasteiger charge is -2.33. The van der Waals surface area contributed by atoms with Crippen LogP contribution in [0.25, 0.3) is 21.1 Å². The third-order valence-electron chi connectivity index (χ3n) is 7.01. The van der Waals surface area contributed by atoms with Crippen molar-refractivity contribution >= 4 is 44.1 Å². The second-order valence-electron chi connectivity index (χ2n) is 9.94. The highest BCUT2D eigenvalue weighted by atomic mass is 32.1. The van der Waals surface area contributed by atoms with Gasteiger partial charge in [0.2, 0.25) is 0 Å². The van der Waals surface area contributed by atoms with Crippen LogP contribution in [-0.2, 0) is 24.3 Å². The van der Waals surface area contributed by atoms with E-state index in [9.17, 15) is 32.0 Å². The highest BCUT2D eigenvalue weighted by Crippen LogP contribution is 2.35. The predicted molar refractivity (Wildman–Crippen MR) is 141 cm³/mol. The Balaban J connectivity index is 1.29. The van der Waals surface area contributed by atoms with Gasteiger partial charge in [-0.3, -0.25) is 9.69 Å². The van der Waals surface area contributed by atoms with E-state index in [1.54, 1.807) is 12.1 Å². The van der Waals surface area contributed by atoms with Crippen LogP contribution in [0.1, 0.15) is 47.9 Å². The molecular formula is C27H25F5N6OS.